The number of aliphatic imine (C=N–C) groups is 1. The van der Waals surface area contributed by atoms with Gasteiger partial charge >= 0.3 is 0 Å². The Labute approximate surface area is 254 Å². The summed E-state index contributed by atoms with van der Waals surface area (Å²) in [5, 5.41) is 19.5. The van der Waals surface area contributed by atoms with Crippen LogP contribution in [0.4, 0.5) is 5.69 Å². The standard InChI is InChI=1S/C34H40N4.C4H10/c1-7-9-12-25-13-11-18-34-21-33(34,8-2)29-19-24(20-35)16-17-28(29)32(37-34)38(31(25)36)30-26(22(3)4)14-10-15-27(30)23(5)6;1-3-4-2/h7,9-10,12,14-17,19,22-23,36H,8,11,13,18,21H2,1-6H3;3-4H2,1-2H3/b9-7-,25-12+,36-31?;/t33?,34-;/m0./s1. The molecule has 1 spiro atoms. The number of para-hydroxylation sites is 1. The molecule has 1 fully saturated rings. The zero-order chi connectivity index (χ0) is 30.7. The Hall–Kier alpha value is -3.45. The molecule has 1 unspecified atom stereocenters. The summed E-state index contributed by atoms with van der Waals surface area (Å²) < 4.78 is 0. The molecule has 5 rings (SSSR count). The van der Waals surface area contributed by atoms with E-state index in [-0.39, 0.29) is 11.0 Å². The van der Waals surface area contributed by atoms with Gasteiger partial charge in [-0.1, -0.05) is 97.7 Å². The Morgan fingerprint density at radius 1 is 1.05 bits per heavy atom. The van der Waals surface area contributed by atoms with E-state index in [0.29, 0.717) is 23.2 Å². The highest BCUT2D eigenvalue weighted by molar-refractivity contribution is 6.30. The number of anilines is 1. The number of nitrogens with one attached hydrogen (secondary N) is 1. The molecule has 2 heterocycles. The molecule has 2 aliphatic heterocycles. The van der Waals surface area contributed by atoms with E-state index in [0.717, 1.165) is 54.8 Å². The maximum absolute atomic E-state index is 9.79. The van der Waals surface area contributed by atoms with Crippen molar-refractivity contribution >= 4 is 17.4 Å². The first-order chi connectivity index (χ1) is 20.1. The van der Waals surface area contributed by atoms with Crippen molar-refractivity contribution in [1.29, 1.82) is 10.7 Å². The van der Waals surface area contributed by atoms with Crippen molar-refractivity contribution in [3.05, 3.63) is 88.0 Å². The first-order valence-electron chi connectivity index (χ1n) is 16.1. The summed E-state index contributed by atoms with van der Waals surface area (Å²) in [5.41, 5.74) is 7.45. The van der Waals surface area contributed by atoms with Crippen molar-refractivity contribution in [1.82, 2.24) is 0 Å². The third-order valence-electron chi connectivity index (χ3n) is 9.52. The molecule has 222 valence electrons. The summed E-state index contributed by atoms with van der Waals surface area (Å²) in [7, 11) is 0. The minimum atomic E-state index is -0.169. The molecule has 0 amide bonds. The van der Waals surface area contributed by atoms with Crippen LogP contribution in [0, 0.1) is 16.7 Å². The van der Waals surface area contributed by atoms with Crippen LogP contribution in [0.5, 0.6) is 0 Å². The quantitative estimate of drug-likeness (QED) is 0.381. The number of rotatable bonds is 6. The van der Waals surface area contributed by atoms with Crippen molar-refractivity contribution in [2.75, 3.05) is 4.90 Å². The van der Waals surface area contributed by atoms with Crippen LogP contribution in [0.15, 0.2) is 65.2 Å². The van der Waals surface area contributed by atoms with E-state index in [1.54, 1.807) is 0 Å². The smallest absolute Gasteiger partial charge is 0.142 e. The summed E-state index contributed by atoms with van der Waals surface area (Å²) in [5.74, 6) is 1.97. The summed E-state index contributed by atoms with van der Waals surface area (Å²) in [6.45, 7) is 17.6. The van der Waals surface area contributed by atoms with Crippen LogP contribution in [-0.2, 0) is 5.41 Å². The lowest BCUT2D eigenvalue weighted by atomic mass is 9.80. The second kappa shape index (κ2) is 12.8. The van der Waals surface area contributed by atoms with Gasteiger partial charge in [0.15, 0.2) is 0 Å². The number of unbranched alkanes of at least 4 members (excludes halogenated alkanes) is 1. The van der Waals surface area contributed by atoms with Crippen LogP contribution in [0.1, 0.15) is 140 Å². The number of nitriles is 1. The third kappa shape index (κ3) is 5.39. The lowest BCUT2D eigenvalue weighted by Gasteiger charge is -2.37. The highest BCUT2D eigenvalue weighted by Crippen LogP contribution is 2.67. The fraction of sp³-hybridized carbons (Fsp3) is 0.500. The Morgan fingerprint density at radius 3 is 2.26 bits per heavy atom. The Balaban J connectivity index is 0.000000952. The van der Waals surface area contributed by atoms with E-state index in [2.05, 4.69) is 102 Å². The van der Waals surface area contributed by atoms with Gasteiger partial charge in [0.25, 0.3) is 0 Å². The maximum Gasteiger partial charge on any atom is 0.142 e. The van der Waals surface area contributed by atoms with Crippen molar-refractivity contribution in [2.45, 2.75) is 123 Å². The van der Waals surface area contributed by atoms with Crippen LogP contribution in [0.3, 0.4) is 0 Å². The van der Waals surface area contributed by atoms with Gasteiger partial charge in [-0.05, 0) is 91.3 Å². The summed E-state index contributed by atoms with van der Waals surface area (Å²) in [6.07, 6.45) is 13.7. The second-order valence-electron chi connectivity index (χ2n) is 12.8. The van der Waals surface area contributed by atoms with Gasteiger partial charge in [-0.25, -0.2) is 0 Å². The van der Waals surface area contributed by atoms with Gasteiger partial charge in [-0.3, -0.25) is 15.3 Å². The lowest BCUT2D eigenvalue weighted by Crippen LogP contribution is -2.43. The Bertz CT molecular complexity index is 1420. The number of fused-ring (bicyclic) bond motifs is 3. The molecule has 4 nitrogen and oxygen atoms in total. The fourth-order valence-corrected chi connectivity index (χ4v) is 6.92. The number of benzene rings is 2. The minimum absolute atomic E-state index is 0.0253. The topological polar surface area (TPSA) is 63.2 Å². The van der Waals surface area contributed by atoms with E-state index in [1.165, 1.54) is 29.5 Å². The summed E-state index contributed by atoms with van der Waals surface area (Å²) in [4.78, 5) is 7.82. The number of nitrogens with zero attached hydrogens (tertiary/aromatic N) is 3. The molecule has 4 heteroatoms. The van der Waals surface area contributed by atoms with Gasteiger partial charge in [0.2, 0.25) is 0 Å². The first-order valence-corrected chi connectivity index (χ1v) is 16.1. The van der Waals surface area contributed by atoms with E-state index < -0.39 is 0 Å². The molecule has 2 aromatic rings. The van der Waals surface area contributed by atoms with Gasteiger partial charge in [-0.2, -0.15) is 5.26 Å². The van der Waals surface area contributed by atoms with E-state index in [1.807, 2.05) is 19.1 Å². The highest BCUT2D eigenvalue weighted by atomic mass is 15.3. The molecule has 1 saturated carbocycles. The van der Waals surface area contributed by atoms with Crippen molar-refractivity contribution in [3.63, 3.8) is 0 Å². The summed E-state index contributed by atoms with van der Waals surface area (Å²) in [6, 6.07) is 15.1. The Morgan fingerprint density at radius 2 is 1.71 bits per heavy atom. The number of allylic oxidation sites excluding steroid dienone is 3. The normalized spacial score (nSPS) is 23.8. The van der Waals surface area contributed by atoms with Crippen LogP contribution < -0.4 is 4.90 Å². The molecule has 42 heavy (non-hydrogen) atoms. The largest absolute Gasteiger partial charge is 0.284 e. The van der Waals surface area contributed by atoms with Gasteiger partial charge in [0.05, 0.1) is 22.9 Å². The molecule has 3 aliphatic rings. The molecule has 2 atom stereocenters. The SMILES string of the molecule is C/C=C\C=C1/CCC[C@]23CC2(CC)c2cc(C#N)ccc2C(=N3)N(c2c(C(C)C)cccc2C(C)C)C1=N.CCCC. The zero-order valence-electron chi connectivity index (χ0n) is 27.1. The van der Waals surface area contributed by atoms with Gasteiger partial charge in [-0.15, -0.1) is 0 Å². The molecular weight excluding hydrogens is 512 g/mol. The molecule has 1 N–H and O–H groups in total. The van der Waals surface area contributed by atoms with E-state index in [4.69, 9.17) is 4.99 Å². The predicted molar refractivity (Wildman–Crippen MR) is 179 cm³/mol. The van der Waals surface area contributed by atoms with Gasteiger partial charge < -0.3 is 0 Å². The molecule has 0 aromatic heterocycles. The molecule has 2 bridgehead atoms. The first kappa shape index (κ1) is 31.5. The van der Waals surface area contributed by atoms with Crippen LogP contribution in [0.25, 0.3) is 0 Å². The molecule has 2 aromatic carbocycles. The third-order valence-corrected chi connectivity index (χ3v) is 9.52. The van der Waals surface area contributed by atoms with Crippen molar-refractivity contribution in [2.24, 2.45) is 4.99 Å². The van der Waals surface area contributed by atoms with Crippen LogP contribution in [0.2, 0.25) is 0 Å². The zero-order valence-corrected chi connectivity index (χ0v) is 27.1. The fourth-order valence-electron chi connectivity index (χ4n) is 6.92. The van der Waals surface area contributed by atoms with Crippen LogP contribution in [-0.4, -0.2) is 17.2 Å². The average Bonchev–Trinajstić information content (AvgIpc) is 3.66. The van der Waals surface area contributed by atoms with Gasteiger partial charge in [0.1, 0.15) is 11.7 Å². The second-order valence-corrected chi connectivity index (χ2v) is 12.8. The van der Waals surface area contributed by atoms with Crippen molar-refractivity contribution < 1.29 is 0 Å². The van der Waals surface area contributed by atoms with Gasteiger partial charge in [0, 0.05) is 11.0 Å². The lowest BCUT2D eigenvalue weighted by molar-refractivity contribution is 0.470. The number of hydrogen-bond donors (Lipinski definition) is 1. The number of hydrogen-bond acceptors (Lipinski definition) is 3. The average molecular weight is 563 g/mol. The predicted octanol–water partition coefficient (Wildman–Crippen LogP) is 10.3. The maximum atomic E-state index is 9.79. The van der Waals surface area contributed by atoms with E-state index >= 15 is 0 Å². The minimum Gasteiger partial charge on any atom is -0.284 e. The monoisotopic (exact) mass is 562 g/mol. The molecular formula is C38H50N4. The molecule has 0 radical (unpaired) electrons. The number of amidine groups is 2. The highest BCUT2D eigenvalue weighted by Gasteiger charge is 2.69. The van der Waals surface area contributed by atoms with Crippen LogP contribution >= 0.6 is 0 Å². The Kier molecular flexibility index (Phi) is 9.61. The molecule has 1 aliphatic carbocycles. The van der Waals surface area contributed by atoms with Crippen molar-refractivity contribution in [3.8, 4) is 6.07 Å². The summed E-state index contributed by atoms with van der Waals surface area (Å²) >= 11 is 0. The molecule has 0 saturated heterocycles. The van der Waals surface area contributed by atoms with E-state index in [9.17, 15) is 10.7 Å².